The van der Waals surface area contributed by atoms with Crippen molar-refractivity contribution in [1.29, 1.82) is 0 Å². The lowest BCUT2D eigenvalue weighted by molar-refractivity contribution is 0.199. The van der Waals surface area contributed by atoms with Gasteiger partial charge in [0.15, 0.2) is 0 Å². The average Bonchev–Trinajstić information content (AvgIpc) is 2.17. The van der Waals surface area contributed by atoms with E-state index in [2.05, 4.69) is 4.72 Å². The molecule has 0 aliphatic carbocycles. The zero-order valence-corrected chi connectivity index (χ0v) is 11.8. The SMILES string of the molecule is COCCCS(=O)(=O)NC(CCCl)C(C)C. The van der Waals surface area contributed by atoms with E-state index in [1.807, 2.05) is 13.8 Å². The van der Waals surface area contributed by atoms with Crippen molar-refractivity contribution in [2.75, 3.05) is 25.3 Å². The fourth-order valence-electron chi connectivity index (χ4n) is 1.33. The molecule has 0 aliphatic rings. The van der Waals surface area contributed by atoms with Gasteiger partial charge in [0, 0.05) is 25.6 Å². The van der Waals surface area contributed by atoms with E-state index in [0.717, 1.165) is 0 Å². The molecule has 1 atom stereocenters. The van der Waals surface area contributed by atoms with Crippen LogP contribution in [0.1, 0.15) is 26.7 Å². The van der Waals surface area contributed by atoms with Gasteiger partial charge in [-0.3, -0.25) is 0 Å². The smallest absolute Gasteiger partial charge is 0.211 e. The third kappa shape index (κ3) is 7.44. The van der Waals surface area contributed by atoms with E-state index in [9.17, 15) is 8.42 Å². The summed E-state index contributed by atoms with van der Waals surface area (Å²) in [5.74, 6) is 0.812. The highest BCUT2D eigenvalue weighted by atomic mass is 35.5. The zero-order valence-electron chi connectivity index (χ0n) is 10.2. The summed E-state index contributed by atoms with van der Waals surface area (Å²) in [6, 6.07) is -0.0787. The van der Waals surface area contributed by atoms with Crippen LogP contribution in [0.25, 0.3) is 0 Å². The Labute approximate surface area is 104 Å². The molecule has 0 saturated carbocycles. The molecule has 1 N–H and O–H groups in total. The number of alkyl halides is 1. The molecule has 0 aromatic carbocycles. The molecule has 0 fully saturated rings. The molecular weight excluding hydrogens is 250 g/mol. The Morgan fingerprint density at radius 3 is 2.44 bits per heavy atom. The van der Waals surface area contributed by atoms with E-state index >= 15 is 0 Å². The molecule has 0 amide bonds. The summed E-state index contributed by atoms with van der Waals surface area (Å²) in [5, 5.41) is 0. The number of methoxy groups -OCH3 is 1. The number of nitrogens with one attached hydrogen (secondary N) is 1. The standard InChI is InChI=1S/C10H22ClNO3S/c1-9(2)10(5-6-11)12-16(13,14)8-4-7-15-3/h9-10,12H,4-8H2,1-3H3. The summed E-state index contributed by atoms with van der Waals surface area (Å²) in [4.78, 5) is 0. The summed E-state index contributed by atoms with van der Waals surface area (Å²) in [5.41, 5.74) is 0. The normalized spacial score (nSPS) is 14.3. The number of halogens is 1. The average molecular weight is 272 g/mol. The molecule has 0 aromatic heterocycles. The monoisotopic (exact) mass is 271 g/mol. The van der Waals surface area contributed by atoms with Crippen molar-refractivity contribution in [3.63, 3.8) is 0 Å². The fraction of sp³-hybridized carbons (Fsp3) is 1.00. The van der Waals surface area contributed by atoms with Crippen molar-refractivity contribution >= 4 is 21.6 Å². The van der Waals surface area contributed by atoms with Crippen LogP contribution in [0.3, 0.4) is 0 Å². The second kappa shape index (κ2) is 8.28. The third-order valence-electron chi connectivity index (χ3n) is 2.32. The van der Waals surface area contributed by atoms with Crippen LogP contribution >= 0.6 is 11.6 Å². The lowest BCUT2D eigenvalue weighted by atomic mass is 10.0. The van der Waals surface area contributed by atoms with Crippen LogP contribution < -0.4 is 4.72 Å². The van der Waals surface area contributed by atoms with Crippen LogP contribution in [0.4, 0.5) is 0 Å². The highest BCUT2D eigenvalue weighted by Crippen LogP contribution is 2.09. The van der Waals surface area contributed by atoms with Gasteiger partial charge in [0.1, 0.15) is 0 Å². The third-order valence-corrected chi connectivity index (χ3v) is 4.02. The van der Waals surface area contributed by atoms with Gasteiger partial charge in [-0.2, -0.15) is 0 Å². The first-order chi connectivity index (χ1) is 7.43. The molecule has 6 heteroatoms. The first-order valence-electron chi connectivity index (χ1n) is 5.48. The molecule has 98 valence electrons. The van der Waals surface area contributed by atoms with E-state index in [-0.39, 0.29) is 17.7 Å². The van der Waals surface area contributed by atoms with E-state index in [4.69, 9.17) is 16.3 Å². The van der Waals surface area contributed by atoms with Crippen LogP contribution in [0.15, 0.2) is 0 Å². The van der Waals surface area contributed by atoms with Crippen molar-refractivity contribution in [1.82, 2.24) is 4.72 Å². The molecule has 0 saturated heterocycles. The maximum absolute atomic E-state index is 11.7. The van der Waals surface area contributed by atoms with Crippen LogP contribution in [0.5, 0.6) is 0 Å². The van der Waals surface area contributed by atoms with Gasteiger partial charge in [0.2, 0.25) is 10.0 Å². The van der Waals surface area contributed by atoms with Gasteiger partial charge in [0.25, 0.3) is 0 Å². The Morgan fingerprint density at radius 1 is 1.38 bits per heavy atom. The molecular formula is C10H22ClNO3S. The molecule has 4 nitrogen and oxygen atoms in total. The molecule has 0 spiro atoms. The molecule has 0 radical (unpaired) electrons. The van der Waals surface area contributed by atoms with Crippen LogP contribution in [0, 0.1) is 5.92 Å². The van der Waals surface area contributed by atoms with Crippen molar-refractivity contribution in [3.8, 4) is 0 Å². The summed E-state index contributed by atoms with van der Waals surface area (Å²) in [6.45, 7) is 4.42. The summed E-state index contributed by atoms with van der Waals surface area (Å²) < 4.78 is 30.9. The van der Waals surface area contributed by atoms with Crippen molar-refractivity contribution in [2.45, 2.75) is 32.7 Å². The quantitative estimate of drug-likeness (QED) is 0.512. The van der Waals surface area contributed by atoms with E-state index in [1.165, 1.54) is 0 Å². The maximum Gasteiger partial charge on any atom is 0.211 e. The predicted molar refractivity (Wildman–Crippen MR) is 67.4 cm³/mol. The van der Waals surface area contributed by atoms with E-state index in [0.29, 0.717) is 25.3 Å². The fourth-order valence-corrected chi connectivity index (χ4v) is 3.03. The Hall–Kier alpha value is 0.160. The van der Waals surface area contributed by atoms with E-state index < -0.39 is 10.0 Å². The number of sulfonamides is 1. The van der Waals surface area contributed by atoms with Gasteiger partial charge >= 0.3 is 0 Å². The van der Waals surface area contributed by atoms with Crippen LogP contribution in [-0.2, 0) is 14.8 Å². The Morgan fingerprint density at radius 2 is 2.00 bits per heavy atom. The van der Waals surface area contributed by atoms with Crippen molar-refractivity contribution in [3.05, 3.63) is 0 Å². The summed E-state index contributed by atoms with van der Waals surface area (Å²) >= 11 is 5.64. The molecule has 0 aliphatic heterocycles. The number of rotatable bonds is 9. The molecule has 0 bridgehead atoms. The largest absolute Gasteiger partial charge is 0.385 e. The van der Waals surface area contributed by atoms with Crippen LogP contribution in [-0.4, -0.2) is 39.8 Å². The first-order valence-corrected chi connectivity index (χ1v) is 7.66. The second-order valence-electron chi connectivity index (χ2n) is 4.11. The Kier molecular flexibility index (Phi) is 8.36. The molecule has 0 heterocycles. The molecule has 1 unspecified atom stereocenters. The van der Waals surface area contributed by atoms with Crippen LogP contribution in [0.2, 0.25) is 0 Å². The lowest BCUT2D eigenvalue weighted by Gasteiger charge is -2.21. The van der Waals surface area contributed by atoms with Gasteiger partial charge < -0.3 is 4.74 Å². The second-order valence-corrected chi connectivity index (χ2v) is 6.36. The van der Waals surface area contributed by atoms with E-state index in [1.54, 1.807) is 7.11 Å². The highest BCUT2D eigenvalue weighted by Gasteiger charge is 2.19. The molecule has 0 rings (SSSR count). The minimum Gasteiger partial charge on any atom is -0.385 e. The van der Waals surface area contributed by atoms with Gasteiger partial charge in [-0.05, 0) is 18.8 Å². The van der Waals surface area contributed by atoms with Gasteiger partial charge in [0.05, 0.1) is 5.75 Å². The lowest BCUT2D eigenvalue weighted by Crippen LogP contribution is -2.40. The number of hydrogen-bond acceptors (Lipinski definition) is 3. The topological polar surface area (TPSA) is 55.4 Å². The zero-order chi connectivity index (χ0) is 12.6. The molecule has 0 aromatic rings. The minimum absolute atomic E-state index is 0.0787. The maximum atomic E-state index is 11.7. The first kappa shape index (κ1) is 16.2. The van der Waals surface area contributed by atoms with Crippen molar-refractivity contribution in [2.24, 2.45) is 5.92 Å². The number of ether oxygens (including phenoxy) is 1. The minimum atomic E-state index is -3.21. The highest BCUT2D eigenvalue weighted by molar-refractivity contribution is 7.89. The summed E-state index contributed by atoms with van der Waals surface area (Å²) in [6.07, 6.45) is 1.17. The van der Waals surface area contributed by atoms with Gasteiger partial charge in [-0.25, -0.2) is 13.1 Å². The Balaban J connectivity index is 4.19. The van der Waals surface area contributed by atoms with Gasteiger partial charge in [-0.15, -0.1) is 11.6 Å². The van der Waals surface area contributed by atoms with Gasteiger partial charge in [-0.1, -0.05) is 13.8 Å². The number of hydrogen-bond donors (Lipinski definition) is 1. The Bertz CT molecular complexity index is 267. The molecule has 16 heavy (non-hydrogen) atoms. The predicted octanol–water partition coefficient (Wildman–Crippen LogP) is 1.60. The van der Waals surface area contributed by atoms with Crippen molar-refractivity contribution < 1.29 is 13.2 Å². The summed E-state index contributed by atoms with van der Waals surface area (Å²) in [7, 11) is -1.65.